The molecule has 1 fully saturated rings. The highest BCUT2D eigenvalue weighted by Gasteiger charge is 2.41. The van der Waals surface area contributed by atoms with Crippen LogP contribution in [0.4, 0.5) is 0 Å². The van der Waals surface area contributed by atoms with Crippen LogP contribution in [0, 0.1) is 0 Å². The van der Waals surface area contributed by atoms with Crippen LogP contribution in [0.5, 0.6) is 0 Å². The zero-order valence-electron chi connectivity index (χ0n) is 12.6. The molecule has 110 valence electrons. The summed E-state index contributed by atoms with van der Waals surface area (Å²) in [7, 11) is 1.68. The van der Waals surface area contributed by atoms with E-state index in [1.807, 2.05) is 38.1 Å². The average molecular weight is 276 g/mol. The summed E-state index contributed by atoms with van der Waals surface area (Å²) in [6.07, 6.45) is 4.59. The third kappa shape index (κ3) is 2.59. The molecule has 3 nitrogen and oxygen atoms in total. The lowest BCUT2D eigenvalue weighted by Crippen LogP contribution is -2.38. The van der Waals surface area contributed by atoms with Gasteiger partial charge in [0, 0.05) is 7.11 Å². The number of hydrogen-bond donors (Lipinski definition) is 1. The van der Waals surface area contributed by atoms with Crippen molar-refractivity contribution < 1.29 is 14.6 Å². The van der Waals surface area contributed by atoms with E-state index >= 15 is 0 Å². The minimum Gasteiger partial charge on any atom is -0.481 e. The number of carboxylic acid groups (broad SMARTS) is 1. The van der Waals surface area contributed by atoms with Crippen LogP contribution < -0.4 is 0 Å². The van der Waals surface area contributed by atoms with Gasteiger partial charge in [0.05, 0.1) is 11.0 Å². The van der Waals surface area contributed by atoms with E-state index < -0.39 is 17.0 Å². The number of benzene rings is 1. The second-order valence-electron chi connectivity index (χ2n) is 6.24. The van der Waals surface area contributed by atoms with Gasteiger partial charge in [0.1, 0.15) is 0 Å². The molecular weight excluding hydrogens is 252 g/mol. The molecule has 20 heavy (non-hydrogen) atoms. The standard InChI is InChI=1S/C17H24O3/c1-16(2,20-3)13-8-7-9-14(12-13)17(15(18)19)10-5-4-6-11-17/h7-9,12H,4-6,10-11H2,1-3H3,(H,18,19). The SMILES string of the molecule is COC(C)(C)c1cccc(C2(C(=O)O)CCCCC2)c1. The first-order chi connectivity index (χ1) is 9.42. The molecule has 0 bridgehead atoms. The van der Waals surface area contributed by atoms with E-state index in [-0.39, 0.29) is 0 Å². The van der Waals surface area contributed by atoms with E-state index in [2.05, 4.69) is 0 Å². The van der Waals surface area contributed by atoms with Gasteiger partial charge in [-0.2, -0.15) is 0 Å². The molecule has 0 heterocycles. The van der Waals surface area contributed by atoms with Crippen molar-refractivity contribution in [1.82, 2.24) is 0 Å². The molecular formula is C17H24O3. The topological polar surface area (TPSA) is 46.5 Å². The highest BCUT2D eigenvalue weighted by Crippen LogP contribution is 2.41. The molecule has 1 aromatic carbocycles. The normalized spacial score (nSPS) is 18.8. The van der Waals surface area contributed by atoms with Gasteiger partial charge in [-0.25, -0.2) is 0 Å². The highest BCUT2D eigenvalue weighted by molar-refractivity contribution is 5.81. The first-order valence-corrected chi connectivity index (χ1v) is 7.32. The van der Waals surface area contributed by atoms with E-state index in [1.54, 1.807) is 7.11 Å². The van der Waals surface area contributed by atoms with Gasteiger partial charge in [0.25, 0.3) is 0 Å². The van der Waals surface area contributed by atoms with Gasteiger partial charge in [-0.05, 0) is 37.8 Å². The summed E-state index contributed by atoms with van der Waals surface area (Å²) < 4.78 is 5.51. The number of carbonyl (C=O) groups is 1. The molecule has 0 aromatic heterocycles. The molecule has 1 saturated carbocycles. The number of ether oxygens (including phenoxy) is 1. The fraction of sp³-hybridized carbons (Fsp3) is 0.588. The number of rotatable bonds is 4. The lowest BCUT2D eigenvalue weighted by molar-refractivity contribution is -0.145. The Bertz CT molecular complexity index is 485. The van der Waals surface area contributed by atoms with Crippen molar-refractivity contribution in [2.75, 3.05) is 7.11 Å². The van der Waals surface area contributed by atoms with E-state index in [9.17, 15) is 9.90 Å². The van der Waals surface area contributed by atoms with E-state index in [0.29, 0.717) is 0 Å². The third-order valence-electron chi connectivity index (χ3n) is 4.74. The molecule has 0 spiro atoms. The monoisotopic (exact) mass is 276 g/mol. The molecule has 1 N–H and O–H groups in total. The molecule has 0 amide bonds. The maximum atomic E-state index is 11.9. The molecule has 0 saturated heterocycles. The minimum atomic E-state index is -0.710. The summed E-state index contributed by atoms with van der Waals surface area (Å²) >= 11 is 0. The van der Waals surface area contributed by atoms with Crippen molar-refractivity contribution in [1.29, 1.82) is 0 Å². The van der Waals surface area contributed by atoms with Gasteiger partial charge in [-0.3, -0.25) is 4.79 Å². The molecule has 3 heteroatoms. The predicted molar refractivity (Wildman–Crippen MR) is 78.9 cm³/mol. The number of carboxylic acids is 1. The molecule has 2 rings (SSSR count). The lowest BCUT2D eigenvalue weighted by atomic mass is 9.69. The Labute approximate surface area is 121 Å². The molecule has 0 atom stereocenters. The van der Waals surface area contributed by atoms with Crippen LogP contribution in [0.3, 0.4) is 0 Å². The summed E-state index contributed by atoms with van der Waals surface area (Å²) in [5.41, 5.74) is 0.846. The van der Waals surface area contributed by atoms with Gasteiger partial charge in [-0.1, -0.05) is 43.5 Å². The van der Waals surface area contributed by atoms with Gasteiger partial charge in [-0.15, -0.1) is 0 Å². The molecule has 0 radical (unpaired) electrons. The molecule has 1 aliphatic rings. The van der Waals surface area contributed by atoms with Crippen LogP contribution in [0.25, 0.3) is 0 Å². The molecule has 0 aliphatic heterocycles. The van der Waals surface area contributed by atoms with Gasteiger partial charge in [0.15, 0.2) is 0 Å². The van der Waals surface area contributed by atoms with E-state index in [1.165, 1.54) is 0 Å². The van der Waals surface area contributed by atoms with Crippen molar-refractivity contribution >= 4 is 5.97 Å². The Balaban J connectivity index is 2.45. The largest absolute Gasteiger partial charge is 0.481 e. The summed E-state index contributed by atoms with van der Waals surface area (Å²) in [5, 5.41) is 9.76. The number of methoxy groups -OCH3 is 1. The third-order valence-corrected chi connectivity index (χ3v) is 4.74. The van der Waals surface area contributed by atoms with Crippen molar-refractivity contribution in [3.8, 4) is 0 Å². The average Bonchev–Trinajstić information content (AvgIpc) is 2.48. The summed E-state index contributed by atoms with van der Waals surface area (Å²) in [6, 6.07) is 7.92. The fourth-order valence-electron chi connectivity index (χ4n) is 3.09. The fourth-order valence-corrected chi connectivity index (χ4v) is 3.09. The molecule has 1 aliphatic carbocycles. The van der Waals surface area contributed by atoms with Crippen molar-refractivity contribution in [2.45, 2.75) is 57.0 Å². The Morgan fingerprint density at radius 3 is 2.45 bits per heavy atom. The van der Waals surface area contributed by atoms with Gasteiger partial charge in [0.2, 0.25) is 0 Å². The predicted octanol–water partition coefficient (Wildman–Crippen LogP) is 3.85. The van der Waals surface area contributed by atoms with Crippen LogP contribution >= 0.6 is 0 Å². The quantitative estimate of drug-likeness (QED) is 0.908. The van der Waals surface area contributed by atoms with Crippen LogP contribution in [0.15, 0.2) is 24.3 Å². The van der Waals surface area contributed by atoms with Crippen LogP contribution in [0.2, 0.25) is 0 Å². The smallest absolute Gasteiger partial charge is 0.314 e. The maximum Gasteiger partial charge on any atom is 0.314 e. The molecule has 0 unspecified atom stereocenters. The van der Waals surface area contributed by atoms with Crippen molar-refractivity contribution in [3.63, 3.8) is 0 Å². The zero-order valence-corrected chi connectivity index (χ0v) is 12.6. The Morgan fingerprint density at radius 2 is 1.90 bits per heavy atom. The van der Waals surface area contributed by atoms with Crippen LogP contribution in [-0.2, 0) is 20.5 Å². The van der Waals surface area contributed by atoms with Crippen molar-refractivity contribution in [2.24, 2.45) is 0 Å². The van der Waals surface area contributed by atoms with Gasteiger partial charge >= 0.3 is 5.97 Å². The minimum absolute atomic E-state index is 0.398. The summed E-state index contributed by atoms with van der Waals surface area (Å²) in [4.78, 5) is 11.9. The summed E-state index contributed by atoms with van der Waals surface area (Å²) in [5.74, 6) is -0.690. The Kier molecular flexibility index (Phi) is 4.19. The first-order valence-electron chi connectivity index (χ1n) is 7.32. The zero-order chi connectivity index (χ0) is 14.8. The first kappa shape index (κ1) is 15.0. The Morgan fingerprint density at radius 1 is 1.25 bits per heavy atom. The number of hydrogen-bond acceptors (Lipinski definition) is 2. The van der Waals surface area contributed by atoms with Gasteiger partial charge < -0.3 is 9.84 Å². The second kappa shape index (κ2) is 5.57. The maximum absolute atomic E-state index is 11.9. The molecule has 1 aromatic rings. The van der Waals surface area contributed by atoms with Crippen molar-refractivity contribution in [3.05, 3.63) is 35.4 Å². The number of aliphatic carboxylic acids is 1. The highest BCUT2D eigenvalue weighted by atomic mass is 16.5. The van der Waals surface area contributed by atoms with Crippen LogP contribution in [-0.4, -0.2) is 18.2 Å². The van der Waals surface area contributed by atoms with Crippen LogP contribution in [0.1, 0.15) is 57.1 Å². The lowest BCUT2D eigenvalue weighted by Gasteiger charge is -2.35. The van der Waals surface area contributed by atoms with E-state index in [0.717, 1.165) is 43.2 Å². The second-order valence-corrected chi connectivity index (χ2v) is 6.24. The Hall–Kier alpha value is -1.35. The van der Waals surface area contributed by atoms with E-state index in [4.69, 9.17) is 4.74 Å². The summed E-state index contributed by atoms with van der Waals surface area (Å²) in [6.45, 7) is 4.00.